The Labute approximate surface area is 162 Å². The monoisotopic (exact) mass is 447 g/mol. The lowest BCUT2D eigenvalue weighted by molar-refractivity contribution is -0.204. The minimum atomic E-state index is -3.40. The number of fused-ring (bicyclic) bond motifs is 1. The molecule has 0 amide bonds. The number of hydrogen-bond acceptors (Lipinski definition) is 9. The molecule has 2 aliphatic heterocycles. The van der Waals surface area contributed by atoms with E-state index in [1.807, 2.05) is 0 Å². The van der Waals surface area contributed by atoms with Crippen molar-refractivity contribution in [2.24, 2.45) is 0 Å². The molecule has 2 aliphatic rings. The Morgan fingerprint density at radius 1 is 1.59 bits per heavy atom. The number of anilines is 1. The van der Waals surface area contributed by atoms with E-state index in [9.17, 15) is 18.7 Å². The van der Waals surface area contributed by atoms with E-state index in [0.717, 1.165) is 10.8 Å². The van der Waals surface area contributed by atoms with E-state index in [0.29, 0.717) is 0 Å². The molecule has 3 heterocycles. The predicted octanol–water partition coefficient (Wildman–Crippen LogP) is 1.44. The van der Waals surface area contributed by atoms with E-state index in [1.54, 1.807) is 13.8 Å². The van der Waals surface area contributed by atoms with Crippen LogP contribution in [0.5, 0.6) is 0 Å². The van der Waals surface area contributed by atoms with Gasteiger partial charge in [0.15, 0.2) is 11.8 Å². The van der Waals surface area contributed by atoms with Gasteiger partial charge < -0.3 is 24.6 Å². The average molecular weight is 448 g/mol. The summed E-state index contributed by atoms with van der Waals surface area (Å²) in [5, 5.41) is 10.5. The molecule has 0 aromatic carbocycles. The average Bonchev–Trinajstić information content (AvgIpc) is 2.84. The number of rotatable bonds is 4. The summed E-state index contributed by atoms with van der Waals surface area (Å²) in [5.41, 5.74) is 2.16. The van der Waals surface area contributed by atoms with Crippen LogP contribution in [0, 0.1) is 0 Å². The molecular weight excluding hydrogens is 431 g/mol. The topological polar surface area (TPSA) is 118 Å². The first kappa shape index (κ1) is 21.0. The minimum Gasteiger partial charge on any atom is -0.386 e. The largest absolute Gasteiger partial charge is 0.386 e. The van der Waals surface area contributed by atoms with Crippen LogP contribution in [-0.2, 0) is 30.1 Å². The van der Waals surface area contributed by atoms with Crippen molar-refractivity contribution in [3.05, 3.63) is 21.7 Å². The smallest absolute Gasteiger partial charge is 0.351 e. The number of aliphatic hydroxyl groups is 1. The SMILES string of the molecule is CC(C)OP1(=S)OC[C@@]2(C(F)F)O[C@@H](n3cc(Cl)c(N)nc3=O)[C@H](O)[C@@H]2O1. The highest BCUT2D eigenvalue weighted by atomic mass is 35.5. The summed E-state index contributed by atoms with van der Waals surface area (Å²) in [6.45, 7) is -0.742. The lowest BCUT2D eigenvalue weighted by Crippen LogP contribution is -2.56. The first-order valence-corrected chi connectivity index (χ1v) is 10.7. The molecule has 0 bridgehead atoms. The fraction of sp³-hybridized carbons (Fsp3) is 0.692. The molecule has 1 aromatic heterocycles. The second kappa shape index (κ2) is 7.27. The molecule has 14 heteroatoms. The molecule has 9 nitrogen and oxygen atoms in total. The van der Waals surface area contributed by atoms with E-state index >= 15 is 0 Å². The third kappa shape index (κ3) is 3.65. The Morgan fingerprint density at radius 2 is 2.26 bits per heavy atom. The summed E-state index contributed by atoms with van der Waals surface area (Å²) in [6.07, 6.45) is -7.32. The van der Waals surface area contributed by atoms with Crippen molar-refractivity contribution in [1.82, 2.24) is 9.55 Å². The van der Waals surface area contributed by atoms with Gasteiger partial charge in [-0.3, -0.25) is 9.09 Å². The lowest BCUT2D eigenvalue weighted by Gasteiger charge is -2.41. The van der Waals surface area contributed by atoms with Crippen LogP contribution in [0.3, 0.4) is 0 Å². The molecule has 2 saturated heterocycles. The summed E-state index contributed by atoms with van der Waals surface area (Å²) in [6, 6.07) is 0. The van der Waals surface area contributed by atoms with E-state index < -0.39 is 55.6 Å². The van der Waals surface area contributed by atoms with Crippen molar-refractivity contribution in [2.75, 3.05) is 12.3 Å². The summed E-state index contributed by atoms with van der Waals surface area (Å²) < 4.78 is 50.1. The second-order valence-electron chi connectivity index (χ2n) is 6.32. The van der Waals surface area contributed by atoms with Crippen molar-refractivity contribution < 1.29 is 32.2 Å². The van der Waals surface area contributed by atoms with Crippen LogP contribution in [0.25, 0.3) is 0 Å². The van der Waals surface area contributed by atoms with Gasteiger partial charge in [-0.05, 0) is 25.7 Å². The van der Waals surface area contributed by atoms with Gasteiger partial charge in [-0.2, -0.15) is 4.98 Å². The molecule has 0 spiro atoms. The van der Waals surface area contributed by atoms with Gasteiger partial charge in [0.05, 0.1) is 17.7 Å². The Bertz CT molecular complexity index is 845. The Hall–Kier alpha value is -0.720. The quantitative estimate of drug-likeness (QED) is 0.661. The number of nitrogens with zero attached hydrogens (tertiary/aromatic N) is 2. The predicted molar refractivity (Wildman–Crippen MR) is 94.1 cm³/mol. The molecule has 1 aromatic rings. The number of nitrogen functional groups attached to an aromatic ring is 1. The molecule has 0 saturated carbocycles. The molecule has 0 radical (unpaired) electrons. The number of aliphatic hydroxyl groups excluding tert-OH is 1. The standard InChI is InChI=1S/C13H17ClF2N3O6PS/c1-5(2)24-26(27)22-4-13(11(15)16)8(25-26)7(20)10(23-13)19-3-6(14)9(17)18-12(19)21/h3,5,7-8,10-11,20H,4H2,1-2H3,(H2,17,18,21)/t7-,8+,10-,13-,26?/m1/s1. The number of ether oxygens (including phenoxy) is 1. The Balaban J connectivity index is 2.00. The highest BCUT2D eigenvalue weighted by Gasteiger charge is 2.66. The molecule has 3 rings (SSSR count). The van der Waals surface area contributed by atoms with Crippen LogP contribution in [0.4, 0.5) is 14.6 Å². The van der Waals surface area contributed by atoms with Crippen LogP contribution in [0.1, 0.15) is 20.1 Å². The number of alkyl halides is 2. The van der Waals surface area contributed by atoms with Crippen molar-refractivity contribution in [1.29, 1.82) is 0 Å². The molecule has 1 unspecified atom stereocenters. The zero-order chi connectivity index (χ0) is 20.1. The van der Waals surface area contributed by atoms with E-state index in [-0.39, 0.29) is 10.8 Å². The van der Waals surface area contributed by atoms with Gasteiger partial charge in [0.1, 0.15) is 18.0 Å². The van der Waals surface area contributed by atoms with E-state index in [1.165, 1.54) is 0 Å². The van der Waals surface area contributed by atoms with Crippen LogP contribution in [0.2, 0.25) is 5.02 Å². The molecular formula is C13H17ClF2N3O6PS. The molecule has 152 valence electrons. The maximum absolute atomic E-state index is 13.9. The number of nitrogens with two attached hydrogens (primary N) is 1. The Morgan fingerprint density at radius 3 is 2.85 bits per heavy atom. The number of halogens is 3. The van der Waals surface area contributed by atoms with Gasteiger partial charge >= 0.3 is 12.4 Å². The van der Waals surface area contributed by atoms with Crippen molar-refractivity contribution in [3.63, 3.8) is 0 Å². The first-order valence-electron chi connectivity index (χ1n) is 7.78. The molecule has 2 fully saturated rings. The highest BCUT2D eigenvalue weighted by molar-refractivity contribution is 8.07. The van der Waals surface area contributed by atoms with Crippen molar-refractivity contribution >= 4 is 35.9 Å². The minimum absolute atomic E-state index is 0.114. The van der Waals surface area contributed by atoms with Crippen molar-refractivity contribution in [3.8, 4) is 0 Å². The summed E-state index contributed by atoms with van der Waals surface area (Å²) in [4.78, 5) is 15.6. The normalized spacial score (nSPS) is 36.4. The third-order valence-corrected chi connectivity index (χ3v) is 6.77. The Kier molecular flexibility index (Phi) is 5.65. The maximum Gasteiger partial charge on any atom is 0.351 e. The third-order valence-electron chi connectivity index (χ3n) is 4.03. The highest BCUT2D eigenvalue weighted by Crippen LogP contribution is 2.61. The van der Waals surface area contributed by atoms with Crippen LogP contribution in [0.15, 0.2) is 11.0 Å². The maximum atomic E-state index is 13.9. The first-order chi connectivity index (χ1) is 12.5. The van der Waals surface area contributed by atoms with E-state index in [2.05, 4.69) is 4.98 Å². The van der Waals surface area contributed by atoms with Gasteiger partial charge in [0, 0.05) is 6.20 Å². The van der Waals surface area contributed by atoms with Gasteiger partial charge in [-0.15, -0.1) is 0 Å². The molecule has 3 N–H and O–H groups in total. The molecule has 5 atom stereocenters. The van der Waals surface area contributed by atoms with Gasteiger partial charge in [0.25, 0.3) is 6.43 Å². The van der Waals surface area contributed by atoms with Crippen LogP contribution in [-0.4, -0.2) is 51.6 Å². The lowest BCUT2D eigenvalue weighted by atomic mass is 9.96. The number of hydrogen-bond donors (Lipinski definition) is 2. The van der Waals surface area contributed by atoms with Crippen LogP contribution < -0.4 is 11.4 Å². The van der Waals surface area contributed by atoms with Crippen LogP contribution >= 0.6 is 18.3 Å². The van der Waals surface area contributed by atoms with Crippen molar-refractivity contribution in [2.45, 2.75) is 50.4 Å². The summed E-state index contributed by atoms with van der Waals surface area (Å²) in [5.74, 6) is -0.244. The zero-order valence-electron chi connectivity index (χ0n) is 14.1. The van der Waals surface area contributed by atoms with E-state index in [4.69, 9.17) is 47.4 Å². The fourth-order valence-electron chi connectivity index (χ4n) is 2.83. The van der Waals surface area contributed by atoms with Gasteiger partial charge in [-0.1, -0.05) is 11.6 Å². The molecule has 27 heavy (non-hydrogen) atoms. The summed E-state index contributed by atoms with van der Waals surface area (Å²) >= 11 is 11.0. The zero-order valence-corrected chi connectivity index (χ0v) is 16.6. The summed E-state index contributed by atoms with van der Waals surface area (Å²) in [7, 11) is 0. The fourth-order valence-corrected chi connectivity index (χ4v) is 5.56. The number of aromatic nitrogens is 2. The second-order valence-corrected chi connectivity index (χ2v) is 9.64. The van der Waals surface area contributed by atoms with Gasteiger partial charge in [0.2, 0.25) is 0 Å². The van der Waals surface area contributed by atoms with Gasteiger partial charge in [-0.25, -0.2) is 13.6 Å². The molecule has 0 aliphatic carbocycles.